The van der Waals surface area contributed by atoms with Crippen molar-refractivity contribution in [1.82, 2.24) is 9.80 Å². The molecule has 0 aliphatic carbocycles. The Bertz CT molecular complexity index is 1340. The number of nitro benzene ring substituents is 1. The lowest BCUT2D eigenvalue weighted by Gasteiger charge is -2.30. The predicted molar refractivity (Wildman–Crippen MR) is 186 cm³/mol. The molecule has 4 saturated heterocycles. The Morgan fingerprint density at radius 3 is 1.53 bits per heavy atom. The third-order valence-corrected chi connectivity index (χ3v) is 9.16. The summed E-state index contributed by atoms with van der Waals surface area (Å²) in [6.45, 7) is 8.83. The van der Waals surface area contributed by atoms with E-state index in [0.717, 1.165) is 56.0 Å². The average Bonchev–Trinajstić information content (AvgIpc) is 3.10. The molecule has 0 aromatic heterocycles. The van der Waals surface area contributed by atoms with Crippen LogP contribution in [0.25, 0.3) is 0 Å². The first kappa shape index (κ1) is 36.2. The van der Waals surface area contributed by atoms with Crippen molar-refractivity contribution in [3.63, 3.8) is 0 Å². The number of amides is 2. The molecule has 0 bridgehead atoms. The van der Waals surface area contributed by atoms with E-state index < -0.39 is 0 Å². The number of nitro groups is 1. The lowest BCUT2D eigenvalue weighted by molar-refractivity contribution is -0.384. The Labute approximate surface area is 283 Å². The number of carbonyl (C=O) groups excluding carboxylic acids is 2. The summed E-state index contributed by atoms with van der Waals surface area (Å²) >= 11 is 0. The van der Waals surface area contributed by atoms with Crippen LogP contribution in [0.3, 0.4) is 0 Å². The van der Waals surface area contributed by atoms with E-state index in [4.69, 9.17) is 15.2 Å². The molecule has 47 heavy (non-hydrogen) atoms. The van der Waals surface area contributed by atoms with Crippen LogP contribution in [0.2, 0.25) is 0 Å². The van der Waals surface area contributed by atoms with Crippen LogP contribution < -0.4 is 15.5 Å². The van der Waals surface area contributed by atoms with Crippen molar-refractivity contribution in [3.8, 4) is 0 Å². The van der Waals surface area contributed by atoms with Gasteiger partial charge in [0.1, 0.15) is 5.69 Å². The summed E-state index contributed by atoms with van der Waals surface area (Å²) in [5.74, 6) is 0.159. The topological polar surface area (TPSA) is 135 Å². The summed E-state index contributed by atoms with van der Waals surface area (Å²) in [7, 11) is 0. The SMILES string of the molecule is Cl.Nc1cc(CC(=O)N2CCOCC2)ccc1N1CCCCC1.O=C(Cc1ccc(N2CCCCC2)c([N+](=O)[O-])c1)N1CCOCC1. The van der Waals surface area contributed by atoms with E-state index in [-0.39, 0.29) is 41.3 Å². The molecule has 4 aliphatic heterocycles. The van der Waals surface area contributed by atoms with E-state index >= 15 is 0 Å². The molecule has 2 aromatic carbocycles. The van der Waals surface area contributed by atoms with Gasteiger partial charge in [-0.2, -0.15) is 0 Å². The molecule has 12 nitrogen and oxygen atoms in total. The first-order chi connectivity index (χ1) is 22.4. The van der Waals surface area contributed by atoms with Gasteiger partial charge in [-0.3, -0.25) is 19.7 Å². The Kier molecular flexibility index (Phi) is 13.9. The van der Waals surface area contributed by atoms with Crippen molar-refractivity contribution in [2.45, 2.75) is 51.4 Å². The molecular formula is C34H49ClN6O6. The highest BCUT2D eigenvalue weighted by atomic mass is 35.5. The van der Waals surface area contributed by atoms with Crippen LogP contribution >= 0.6 is 12.4 Å². The van der Waals surface area contributed by atoms with Crippen molar-refractivity contribution >= 4 is 47.0 Å². The molecule has 258 valence electrons. The smallest absolute Gasteiger partial charge is 0.292 e. The van der Waals surface area contributed by atoms with Crippen LogP contribution in [-0.4, -0.2) is 105 Å². The van der Waals surface area contributed by atoms with Crippen LogP contribution in [0.5, 0.6) is 0 Å². The molecule has 0 saturated carbocycles. The van der Waals surface area contributed by atoms with Gasteiger partial charge in [0.2, 0.25) is 11.8 Å². The number of nitrogens with zero attached hydrogens (tertiary/aromatic N) is 5. The first-order valence-electron chi connectivity index (χ1n) is 16.8. The van der Waals surface area contributed by atoms with Gasteiger partial charge in [0.15, 0.2) is 0 Å². The molecule has 0 unspecified atom stereocenters. The highest BCUT2D eigenvalue weighted by Gasteiger charge is 2.24. The second kappa shape index (κ2) is 18.1. The number of morpholine rings is 2. The average molecular weight is 673 g/mol. The van der Waals surface area contributed by atoms with Crippen LogP contribution in [-0.2, 0) is 31.9 Å². The summed E-state index contributed by atoms with van der Waals surface area (Å²) < 4.78 is 10.5. The number of benzene rings is 2. The normalized spacial score (nSPS) is 18.5. The predicted octanol–water partition coefficient (Wildman–Crippen LogP) is 4.07. The first-order valence-corrected chi connectivity index (χ1v) is 16.8. The van der Waals surface area contributed by atoms with Gasteiger partial charge < -0.3 is 34.8 Å². The number of piperidine rings is 2. The third kappa shape index (κ3) is 10.2. The number of nitrogen functional groups attached to an aromatic ring is 1. The fraction of sp³-hybridized carbons (Fsp3) is 0.588. The second-order valence-electron chi connectivity index (χ2n) is 12.4. The Morgan fingerprint density at radius 2 is 1.09 bits per heavy atom. The largest absolute Gasteiger partial charge is 0.397 e. The number of hydrogen-bond acceptors (Lipinski definition) is 9. The van der Waals surface area contributed by atoms with Crippen molar-refractivity contribution in [3.05, 3.63) is 57.6 Å². The molecule has 0 spiro atoms. The van der Waals surface area contributed by atoms with Crippen LogP contribution in [0.4, 0.5) is 22.7 Å². The standard InChI is InChI=1S/C17H23N3O4.C17H25N3O2.ClH/c21-17(19-8-10-24-11-9-19)13-14-4-5-15(16(12-14)20(22)23)18-6-2-1-3-7-18;18-15-12-14(13-17(21)20-8-10-22-11-9-20)4-5-16(15)19-6-2-1-3-7-19;/h4-5,12H,1-3,6-11,13H2;4-5,12H,1-3,6-11,13,18H2;1H. The fourth-order valence-electron chi connectivity index (χ4n) is 6.56. The highest BCUT2D eigenvalue weighted by Crippen LogP contribution is 2.32. The van der Waals surface area contributed by atoms with E-state index in [0.29, 0.717) is 70.3 Å². The number of halogens is 1. The minimum Gasteiger partial charge on any atom is -0.397 e. The minimum atomic E-state index is -0.341. The van der Waals surface area contributed by atoms with Gasteiger partial charge in [-0.05, 0) is 67.9 Å². The molecule has 0 radical (unpaired) electrons. The molecule has 2 amide bonds. The summed E-state index contributed by atoms with van der Waals surface area (Å²) in [4.78, 5) is 43.8. The number of carbonyl (C=O) groups is 2. The van der Waals surface area contributed by atoms with Crippen molar-refractivity contribution in [2.24, 2.45) is 0 Å². The maximum Gasteiger partial charge on any atom is 0.292 e. The highest BCUT2D eigenvalue weighted by molar-refractivity contribution is 5.85. The van der Waals surface area contributed by atoms with Crippen LogP contribution in [0.1, 0.15) is 49.7 Å². The number of hydrogen-bond donors (Lipinski definition) is 1. The molecule has 6 rings (SSSR count). The van der Waals surface area contributed by atoms with Gasteiger partial charge in [0, 0.05) is 58.4 Å². The van der Waals surface area contributed by atoms with E-state index in [1.165, 1.54) is 25.7 Å². The van der Waals surface area contributed by atoms with E-state index in [1.54, 1.807) is 17.0 Å². The lowest BCUT2D eigenvalue weighted by atomic mass is 10.1. The molecule has 4 aliphatic rings. The monoisotopic (exact) mass is 672 g/mol. The fourth-order valence-corrected chi connectivity index (χ4v) is 6.56. The zero-order valence-corrected chi connectivity index (χ0v) is 28.1. The van der Waals surface area contributed by atoms with Crippen molar-refractivity contribution < 1.29 is 24.0 Å². The Morgan fingerprint density at radius 1 is 0.660 bits per heavy atom. The zero-order valence-electron chi connectivity index (χ0n) is 27.3. The van der Waals surface area contributed by atoms with E-state index in [2.05, 4.69) is 15.9 Å². The maximum atomic E-state index is 12.3. The molecule has 4 fully saturated rings. The third-order valence-electron chi connectivity index (χ3n) is 9.16. The summed E-state index contributed by atoms with van der Waals surface area (Å²) in [5.41, 5.74) is 10.6. The number of nitrogens with two attached hydrogens (primary N) is 1. The van der Waals surface area contributed by atoms with Crippen molar-refractivity contribution in [1.29, 1.82) is 0 Å². The number of anilines is 3. The molecule has 2 N–H and O–H groups in total. The Balaban J connectivity index is 0.000000209. The summed E-state index contributed by atoms with van der Waals surface area (Å²) in [6, 6.07) is 11.3. The van der Waals surface area contributed by atoms with Crippen LogP contribution in [0.15, 0.2) is 36.4 Å². The number of rotatable bonds is 7. The van der Waals surface area contributed by atoms with Gasteiger partial charge in [0.25, 0.3) is 5.69 Å². The molecule has 0 atom stereocenters. The van der Waals surface area contributed by atoms with Gasteiger partial charge in [-0.25, -0.2) is 0 Å². The lowest BCUT2D eigenvalue weighted by Crippen LogP contribution is -2.41. The van der Waals surface area contributed by atoms with E-state index in [9.17, 15) is 19.7 Å². The maximum absolute atomic E-state index is 12.3. The van der Waals surface area contributed by atoms with Gasteiger partial charge >= 0.3 is 0 Å². The van der Waals surface area contributed by atoms with Crippen molar-refractivity contribution in [2.75, 3.05) is 94.3 Å². The molecule has 2 aromatic rings. The van der Waals surface area contributed by atoms with Gasteiger partial charge in [-0.1, -0.05) is 12.1 Å². The van der Waals surface area contributed by atoms with Crippen LogP contribution in [0, 0.1) is 10.1 Å². The summed E-state index contributed by atoms with van der Waals surface area (Å²) in [5, 5.41) is 11.5. The second-order valence-corrected chi connectivity index (χ2v) is 12.4. The Hall–Kier alpha value is -3.61. The number of ether oxygens (including phenoxy) is 2. The van der Waals surface area contributed by atoms with Gasteiger partial charge in [-0.15, -0.1) is 12.4 Å². The zero-order chi connectivity index (χ0) is 32.3. The van der Waals surface area contributed by atoms with Gasteiger partial charge in [0.05, 0.1) is 55.6 Å². The quantitative estimate of drug-likeness (QED) is 0.262. The molecule has 4 heterocycles. The minimum absolute atomic E-state index is 0. The summed E-state index contributed by atoms with van der Waals surface area (Å²) in [6.07, 6.45) is 7.70. The molecular weight excluding hydrogens is 624 g/mol. The molecule has 13 heteroatoms. The van der Waals surface area contributed by atoms with E-state index in [1.807, 2.05) is 23.1 Å².